The SMILES string of the molecule is c1ccc(-c2ccc(-c3cc(-c4ccc(-c5cccnc5-c5ccc6c(c5)-c5ccccc5C6(c5ccccc5)c5ccccc5)cc4)nc(-c4ccccc4)n3)cc2)cc1. The summed E-state index contributed by atoms with van der Waals surface area (Å²) in [6.45, 7) is 0. The molecule has 1 aliphatic rings. The Labute approximate surface area is 356 Å². The molecule has 1 aliphatic carbocycles. The summed E-state index contributed by atoms with van der Waals surface area (Å²) < 4.78 is 0. The summed E-state index contributed by atoms with van der Waals surface area (Å²) in [5, 5.41) is 0. The molecule has 2 aromatic heterocycles. The first-order valence-electron chi connectivity index (χ1n) is 20.8. The van der Waals surface area contributed by atoms with E-state index in [2.05, 4.69) is 200 Å². The second kappa shape index (κ2) is 15.3. The van der Waals surface area contributed by atoms with Crippen molar-refractivity contribution in [1.82, 2.24) is 15.0 Å². The highest BCUT2D eigenvalue weighted by atomic mass is 14.9. The van der Waals surface area contributed by atoms with Crippen LogP contribution in [0.3, 0.4) is 0 Å². The summed E-state index contributed by atoms with van der Waals surface area (Å²) in [4.78, 5) is 15.2. The van der Waals surface area contributed by atoms with Crippen LogP contribution in [0.5, 0.6) is 0 Å². The van der Waals surface area contributed by atoms with Crippen molar-refractivity contribution >= 4 is 0 Å². The summed E-state index contributed by atoms with van der Waals surface area (Å²) >= 11 is 0. The van der Waals surface area contributed by atoms with Crippen molar-refractivity contribution in [3.8, 4) is 78.5 Å². The van der Waals surface area contributed by atoms with Crippen LogP contribution in [-0.2, 0) is 5.41 Å². The minimum atomic E-state index is -0.442. The minimum absolute atomic E-state index is 0.442. The number of pyridine rings is 1. The van der Waals surface area contributed by atoms with Crippen LogP contribution in [0.2, 0.25) is 0 Å². The maximum Gasteiger partial charge on any atom is 0.160 e. The van der Waals surface area contributed by atoms with E-state index in [1.54, 1.807) is 0 Å². The number of rotatable bonds is 8. The average molecular weight is 778 g/mol. The standard InChI is InChI=1S/C58H39N3/c1-5-16-40(17-6-1)41-27-31-43(32-28-41)54-39-55(61-57(60-54)45-18-7-2-8-19-45)44-33-29-42(30-34-44)49-25-15-37-59-56(49)46-35-36-53-51(38-46)50-24-13-14-26-52(50)58(53,47-20-9-3-10-21-47)48-22-11-4-12-23-48/h1-39H. The molecule has 0 radical (unpaired) electrons. The zero-order valence-electron chi connectivity index (χ0n) is 33.4. The number of hydrogen-bond donors (Lipinski definition) is 0. The molecule has 0 saturated carbocycles. The molecular weight excluding hydrogens is 739 g/mol. The van der Waals surface area contributed by atoms with Crippen molar-refractivity contribution in [3.05, 3.63) is 259 Å². The number of hydrogen-bond acceptors (Lipinski definition) is 3. The van der Waals surface area contributed by atoms with Gasteiger partial charge in [-0.1, -0.05) is 212 Å². The lowest BCUT2D eigenvalue weighted by molar-refractivity contribution is 0.768. The molecule has 3 heteroatoms. The molecule has 0 aliphatic heterocycles. The van der Waals surface area contributed by atoms with E-state index < -0.39 is 5.41 Å². The number of benzene rings is 8. The zero-order chi connectivity index (χ0) is 40.6. The third-order valence-electron chi connectivity index (χ3n) is 12.1. The first-order chi connectivity index (χ1) is 30.2. The van der Waals surface area contributed by atoms with E-state index in [4.69, 9.17) is 15.0 Å². The molecule has 10 aromatic rings. The van der Waals surface area contributed by atoms with Crippen LogP contribution < -0.4 is 0 Å². The van der Waals surface area contributed by atoms with Gasteiger partial charge in [0.15, 0.2) is 5.82 Å². The zero-order valence-corrected chi connectivity index (χ0v) is 33.4. The first kappa shape index (κ1) is 36.1. The second-order valence-electron chi connectivity index (χ2n) is 15.5. The van der Waals surface area contributed by atoms with Crippen molar-refractivity contribution in [3.63, 3.8) is 0 Å². The van der Waals surface area contributed by atoms with Crippen LogP contribution in [0.4, 0.5) is 0 Å². The minimum Gasteiger partial charge on any atom is -0.256 e. The van der Waals surface area contributed by atoms with Crippen molar-refractivity contribution in [2.45, 2.75) is 5.41 Å². The topological polar surface area (TPSA) is 38.7 Å². The van der Waals surface area contributed by atoms with Gasteiger partial charge < -0.3 is 0 Å². The van der Waals surface area contributed by atoms with E-state index in [1.165, 1.54) is 44.5 Å². The molecular formula is C58H39N3. The smallest absolute Gasteiger partial charge is 0.160 e. The predicted octanol–water partition coefficient (Wildman–Crippen LogP) is 14.2. The van der Waals surface area contributed by atoms with Crippen molar-refractivity contribution in [2.75, 3.05) is 0 Å². The molecule has 3 nitrogen and oxygen atoms in total. The highest BCUT2D eigenvalue weighted by molar-refractivity contribution is 5.91. The highest BCUT2D eigenvalue weighted by Gasteiger charge is 2.46. The Hall–Kier alpha value is -8.01. The molecule has 8 aromatic carbocycles. The molecule has 0 spiro atoms. The molecule has 0 fully saturated rings. The Morgan fingerprint density at radius 3 is 1.38 bits per heavy atom. The normalized spacial score (nSPS) is 12.4. The number of aromatic nitrogens is 3. The van der Waals surface area contributed by atoms with Gasteiger partial charge in [-0.15, -0.1) is 0 Å². The Kier molecular flexibility index (Phi) is 9.05. The summed E-state index contributed by atoms with van der Waals surface area (Å²) in [5.74, 6) is 0.695. The van der Waals surface area contributed by atoms with Gasteiger partial charge in [-0.3, -0.25) is 4.98 Å². The van der Waals surface area contributed by atoms with E-state index >= 15 is 0 Å². The maximum absolute atomic E-state index is 5.12. The fourth-order valence-electron chi connectivity index (χ4n) is 9.21. The fourth-order valence-corrected chi connectivity index (χ4v) is 9.21. The molecule has 0 saturated heterocycles. The predicted molar refractivity (Wildman–Crippen MR) is 250 cm³/mol. The lowest BCUT2D eigenvalue weighted by Crippen LogP contribution is -2.28. The molecule has 0 N–H and O–H groups in total. The van der Waals surface area contributed by atoms with Crippen LogP contribution in [0.25, 0.3) is 78.5 Å². The van der Waals surface area contributed by atoms with Crippen LogP contribution in [0.15, 0.2) is 237 Å². The second-order valence-corrected chi connectivity index (χ2v) is 15.5. The lowest BCUT2D eigenvalue weighted by atomic mass is 9.67. The molecule has 286 valence electrons. The molecule has 0 atom stereocenters. The summed E-state index contributed by atoms with van der Waals surface area (Å²) in [6.07, 6.45) is 1.90. The number of fused-ring (bicyclic) bond motifs is 3. The third-order valence-corrected chi connectivity index (χ3v) is 12.1. The maximum atomic E-state index is 5.12. The van der Waals surface area contributed by atoms with Crippen LogP contribution in [0, 0.1) is 0 Å². The van der Waals surface area contributed by atoms with E-state index in [0.717, 1.165) is 50.5 Å². The Morgan fingerprint density at radius 2 is 0.754 bits per heavy atom. The monoisotopic (exact) mass is 777 g/mol. The van der Waals surface area contributed by atoms with Gasteiger partial charge in [-0.25, -0.2) is 9.97 Å². The van der Waals surface area contributed by atoms with Gasteiger partial charge in [0.2, 0.25) is 0 Å². The molecule has 0 bridgehead atoms. The van der Waals surface area contributed by atoms with E-state index in [-0.39, 0.29) is 0 Å². The van der Waals surface area contributed by atoms with Gasteiger partial charge in [0, 0.05) is 34.0 Å². The lowest BCUT2D eigenvalue weighted by Gasteiger charge is -2.33. The summed E-state index contributed by atoms with van der Waals surface area (Å²) in [5.41, 5.74) is 18.5. The van der Waals surface area contributed by atoms with Gasteiger partial charge in [0.25, 0.3) is 0 Å². The van der Waals surface area contributed by atoms with Crippen LogP contribution in [0.1, 0.15) is 22.3 Å². The van der Waals surface area contributed by atoms with Crippen LogP contribution in [-0.4, -0.2) is 15.0 Å². The van der Waals surface area contributed by atoms with E-state index in [0.29, 0.717) is 5.82 Å². The van der Waals surface area contributed by atoms with Gasteiger partial charge in [-0.2, -0.15) is 0 Å². The van der Waals surface area contributed by atoms with Crippen molar-refractivity contribution < 1.29 is 0 Å². The first-order valence-corrected chi connectivity index (χ1v) is 20.8. The van der Waals surface area contributed by atoms with Crippen LogP contribution >= 0.6 is 0 Å². The average Bonchev–Trinajstić information content (AvgIpc) is 3.65. The molecule has 11 rings (SSSR count). The Bertz CT molecular complexity index is 3100. The van der Waals surface area contributed by atoms with Crippen molar-refractivity contribution in [1.29, 1.82) is 0 Å². The Balaban J connectivity index is 0.979. The quantitative estimate of drug-likeness (QED) is 0.154. The van der Waals surface area contributed by atoms with Crippen molar-refractivity contribution in [2.24, 2.45) is 0 Å². The summed E-state index contributed by atoms with van der Waals surface area (Å²) in [7, 11) is 0. The fraction of sp³-hybridized carbons (Fsp3) is 0.0172. The Morgan fingerprint density at radius 1 is 0.295 bits per heavy atom. The molecule has 0 unspecified atom stereocenters. The summed E-state index contributed by atoms with van der Waals surface area (Å²) in [6, 6.07) is 82.0. The largest absolute Gasteiger partial charge is 0.256 e. The molecule has 61 heavy (non-hydrogen) atoms. The van der Waals surface area contributed by atoms with Gasteiger partial charge in [0.05, 0.1) is 22.5 Å². The highest BCUT2D eigenvalue weighted by Crippen LogP contribution is 2.56. The number of nitrogens with zero attached hydrogens (tertiary/aromatic N) is 3. The van der Waals surface area contributed by atoms with E-state index in [9.17, 15) is 0 Å². The van der Waals surface area contributed by atoms with Gasteiger partial charge in [0.1, 0.15) is 0 Å². The molecule has 2 heterocycles. The van der Waals surface area contributed by atoms with Gasteiger partial charge in [-0.05, 0) is 68.3 Å². The van der Waals surface area contributed by atoms with Gasteiger partial charge >= 0.3 is 0 Å². The van der Waals surface area contributed by atoms with E-state index in [1.807, 2.05) is 36.5 Å². The molecule has 0 amide bonds. The third kappa shape index (κ3) is 6.35.